The number of hydrogen-bond acceptors (Lipinski definition) is 3. The Hall–Kier alpha value is -3.74. The molecule has 0 bridgehead atoms. The van der Waals surface area contributed by atoms with E-state index in [1.165, 1.54) is 24.5 Å². The molecule has 2 heterocycles. The number of aromatic nitrogens is 2. The number of nitrogens with zero attached hydrogens (tertiary/aromatic N) is 1. The van der Waals surface area contributed by atoms with E-state index >= 15 is 0 Å². The van der Waals surface area contributed by atoms with Crippen molar-refractivity contribution in [2.75, 3.05) is 10.6 Å². The molecule has 0 saturated heterocycles. The first-order valence-electron chi connectivity index (χ1n) is 7.83. The fraction of sp³-hybridized carbons (Fsp3) is 0. The van der Waals surface area contributed by atoms with E-state index < -0.39 is 11.7 Å². The van der Waals surface area contributed by atoms with Gasteiger partial charge in [0.1, 0.15) is 5.82 Å². The number of aromatic amines is 1. The van der Waals surface area contributed by atoms with Gasteiger partial charge in [-0.3, -0.25) is 9.59 Å². The summed E-state index contributed by atoms with van der Waals surface area (Å²) in [5.41, 5.74) is 3.20. The molecule has 1 aliphatic rings. The average Bonchev–Trinajstić information content (AvgIpc) is 3.24. The molecule has 2 amide bonds. The monoisotopic (exact) mass is 348 g/mol. The van der Waals surface area contributed by atoms with Gasteiger partial charge in [-0.15, -0.1) is 0 Å². The zero-order valence-electron chi connectivity index (χ0n) is 13.4. The van der Waals surface area contributed by atoms with Crippen LogP contribution in [-0.4, -0.2) is 21.8 Å². The number of rotatable bonds is 3. The fourth-order valence-corrected chi connectivity index (χ4v) is 2.74. The van der Waals surface area contributed by atoms with Crippen molar-refractivity contribution in [1.82, 2.24) is 9.97 Å². The molecule has 1 aromatic heterocycles. The van der Waals surface area contributed by atoms with Crippen molar-refractivity contribution in [1.29, 1.82) is 0 Å². The Balaban J connectivity index is 1.64. The van der Waals surface area contributed by atoms with Gasteiger partial charge in [-0.1, -0.05) is 6.07 Å². The summed E-state index contributed by atoms with van der Waals surface area (Å²) < 4.78 is 13.3. The molecule has 3 N–H and O–H groups in total. The van der Waals surface area contributed by atoms with E-state index in [0.717, 1.165) is 6.07 Å². The van der Waals surface area contributed by atoms with Gasteiger partial charge < -0.3 is 15.6 Å². The SMILES string of the molecule is O=C1Nc2ccc(NC(=O)c3cccc(F)c3)cc2/C1=C/c1cnc[nH]1. The minimum absolute atomic E-state index is 0.216. The number of carbonyl (C=O) groups excluding carboxylic acids is 2. The van der Waals surface area contributed by atoms with Gasteiger partial charge in [-0.25, -0.2) is 9.37 Å². The zero-order chi connectivity index (χ0) is 18.1. The van der Waals surface area contributed by atoms with Gasteiger partial charge in [0.15, 0.2) is 0 Å². The number of halogens is 1. The van der Waals surface area contributed by atoms with E-state index in [4.69, 9.17) is 0 Å². The third kappa shape index (κ3) is 2.98. The van der Waals surface area contributed by atoms with Crippen LogP contribution in [0.2, 0.25) is 0 Å². The first-order valence-corrected chi connectivity index (χ1v) is 7.83. The van der Waals surface area contributed by atoms with Crippen LogP contribution in [0.4, 0.5) is 15.8 Å². The molecule has 6 nitrogen and oxygen atoms in total. The molecule has 1 aliphatic heterocycles. The number of benzene rings is 2. The largest absolute Gasteiger partial charge is 0.345 e. The van der Waals surface area contributed by atoms with E-state index in [9.17, 15) is 14.0 Å². The Morgan fingerprint density at radius 1 is 1.19 bits per heavy atom. The number of fused-ring (bicyclic) bond motifs is 1. The summed E-state index contributed by atoms with van der Waals surface area (Å²) in [7, 11) is 0. The van der Waals surface area contributed by atoms with Gasteiger partial charge in [-0.2, -0.15) is 0 Å². The van der Waals surface area contributed by atoms with Crippen molar-refractivity contribution in [2.24, 2.45) is 0 Å². The molecule has 0 atom stereocenters. The lowest BCUT2D eigenvalue weighted by Crippen LogP contribution is -2.12. The van der Waals surface area contributed by atoms with E-state index in [0.29, 0.717) is 28.2 Å². The van der Waals surface area contributed by atoms with E-state index in [1.54, 1.807) is 30.5 Å². The van der Waals surface area contributed by atoms with Crippen LogP contribution in [0.15, 0.2) is 55.0 Å². The van der Waals surface area contributed by atoms with E-state index in [1.807, 2.05) is 0 Å². The maximum atomic E-state index is 13.3. The second kappa shape index (κ2) is 6.29. The third-order valence-corrected chi connectivity index (χ3v) is 3.97. The molecule has 0 fully saturated rings. The lowest BCUT2D eigenvalue weighted by Gasteiger charge is -2.07. The van der Waals surface area contributed by atoms with Crippen LogP contribution in [-0.2, 0) is 4.79 Å². The number of anilines is 2. The quantitative estimate of drug-likeness (QED) is 0.635. The van der Waals surface area contributed by atoms with Crippen LogP contribution in [0.1, 0.15) is 21.6 Å². The molecule has 3 aromatic rings. The summed E-state index contributed by atoms with van der Waals surface area (Å²) >= 11 is 0. The molecule has 0 unspecified atom stereocenters. The second-order valence-electron chi connectivity index (χ2n) is 5.74. The summed E-state index contributed by atoms with van der Waals surface area (Å²) in [4.78, 5) is 31.3. The van der Waals surface area contributed by atoms with Crippen molar-refractivity contribution in [3.63, 3.8) is 0 Å². The molecule has 0 spiro atoms. The molecule has 0 radical (unpaired) electrons. The van der Waals surface area contributed by atoms with Crippen LogP contribution in [0.5, 0.6) is 0 Å². The highest BCUT2D eigenvalue weighted by Crippen LogP contribution is 2.35. The Labute approximate surface area is 147 Å². The summed E-state index contributed by atoms with van der Waals surface area (Å²) in [6, 6.07) is 10.5. The summed E-state index contributed by atoms with van der Waals surface area (Å²) in [5, 5.41) is 5.49. The standard InChI is InChI=1S/C19H13FN4O2/c20-12-3-1-2-11(6-12)18(25)23-13-4-5-17-15(7-13)16(19(26)24-17)8-14-9-21-10-22-14/h1-10H,(H,21,22)(H,23,25)(H,24,26)/b16-8-. The van der Waals surface area contributed by atoms with Crippen molar-refractivity contribution in [3.8, 4) is 0 Å². The van der Waals surface area contributed by atoms with Gasteiger partial charge >= 0.3 is 0 Å². The topological polar surface area (TPSA) is 86.9 Å². The summed E-state index contributed by atoms with van der Waals surface area (Å²) in [6.45, 7) is 0. The third-order valence-electron chi connectivity index (χ3n) is 3.97. The number of imidazole rings is 1. The highest BCUT2D eigenvalue weighted by molar-refractivity contribution is 6.35. The lowest BCUT2D eigenvalue weighted by atomic mass is 10.1. The fourth-order valence-electron chi connectivity index (χ4n) is 2.74. The first kappa shape index (κ1) is 15.8. The smallest absolute Gasteiger partial charge is 0.256 e. The molecule has 2 aromatic carbocycles. The number of H-pyrrole nitrogens is 1. The number of amides is 2. The maximum absolute atomic E-state index is 13.3. The van der Waals surface area contributed by atoms with Crippen molar-refractivity contribution in [3.05, 3.63) is 77.6 Å². The average molecular weight is 348 g/mol. The lowest BCUT2D eigenvalue weighted by molar-refractivity contribution is -0.110. The molecule has 4 rings (SSSR count). The van der Waals surface area contributed by atoms with Crippen LogP contribution >= 0.6 is 0 Å². The Morgan fingerprint density at radius 2 is 2.08 bits per heavy atom. The Kier molecular flexibility index (Phi) is 3.81. The van der Waals surface area contributed by atoms with E-state index in [2.05, 4.69) is 20.6 Å². The summed E-state index contributed by atoms with van der Waals surface area (Å²) in [5.74, 6) is -1.14. The highest BCUT2D eigenvalue weighted by atomic mass is 19.1. The van der Waals surface area contributed by atoms with Gasteiger partial charge in [0, 0.05) is 22.5 Å². The number of nitrogens with one attached hydrogen (secondary N) is 3. The molecule has 0 aliphatic carbocycles. The molecular formula is C19H13FN4O2. The maximum Gasteiger partial charge on any atom is 0.256 e. The summed E-state index contributed by atoms with van der Waals surface area (Å²) in [6.07, 6.45) is 4.82. The van der Waals surface area contributed by atoms with Crippen molar-refractivity contribution >= 4 is 34.8 Å². The van der Waals surface area contributed by atoms with Gasteiger partial charge in [0.05, 0.1) is 23.8 Å². The minimum Gasteiger partial charge on any atom is -0.345 e. The molecule has 26 heavy (non-hydrogen) atoms. The zero-order valence-corrected chi connectivity index (χ0v) is 13.4. The van der Waals surface area contributed by atoms with Gasteiger partial charge in [0.25, 0.3) is 11.8 Å². The minimum atomic E-state index is -0.480. The predicted octanol–water partition coefficient (Wildman–Crippen LogP) is 3.29. The van der Waals surface area contributed by atoms with E-state index in [-0.39, 0.29) is 11.5 Å². The van der Waals surface area contributed by atoms with Crippen molar-refractivity contribution in [2.45, 2.75) is 0 Å². The molecular weight excluding hydrogens is 335 g/mol. The first-order chi connectivity index (χ1) is 12.6. The van der Waals surface area contributed by atoms with Crippen LogP contribution in [0.25, 0.3) is 11.6 Å². The van der Waals surface area contributed by atoms with Gasteiger partial charge in [-0.05, 0) is 42.5 Å². The highest BCUT2D eigenvalue weighted by Gasteiger charge is 2.24. The second-order valence-corrected chi connectivity index (χ2v) is 5.74. The number of carbonyl (C=O) groups is 2. The van der Waals surface area contributed by atoms with Crippen LogP contribution in [0.3, 0.4) is 0 Å². The predicted molar refractivity (Wildman–Crippen MR) is 95.9 cm³/mol. The van der Waals surface area contributed by atoms with Crippen LogP contribution < -0.4 is 10.6 Å². The van der Waals surface area contributed by atoms with Crippen LogP contribution in [0, 0.1) is 5.82 Å². The number of hydrogen-bond donors (Lipinski definition) is 3. The Morgan fingerprint density at radius 3 is 2.85 bits per heavy atom. The Bertz CT molecular complexity index is 1040. The van der Waals surface area contributed by atoms with Crippen molar-refractivity contribution < 1.29 is 14.0 Å². The molecule has 128 valence electrons. The molecule has 0 saturated carbocycles. The molecule has 7 heteroatoms. The van der Waals surface area contributed by atoms with Gasteiger partial charge in [0.2, 0.25) is 0 Å². The normalized spacial score (nSPS) is 14.2.